The summed E-state index contributed by atoms with van der Waals surface area (Å²) in [7, 11) is 0. The minimum absolute atomic E-state index is 0.0556. The molecule has 1 heterocycles. The fourth-order valence-corrected chi connectivity index (χ4v) is 4.37. The third-order valence-corrected chi connectivity index (χ3v) is 5.97. The van der Waals surface area contributed by atoms with Crippen LogP contribution >= 0.6 is 0 Å². The molecule has 0 saturated carbocycles. The number of hydrogen-bond acceptors (Lipinski definition) is 2. The summed E-state index contributed by atoms with van der Waals surface area (Å²) in [6.07, 6.45) is -4.43. The van der Waals surface area contributed by atoms with Crippen molar-refractivity contribution in [1.82, 2.24) is 0 Å². The van der Waals surface area contributed by atoms with E-state index in [9.17, 15) is 22.8 Å². The first-order valence-corrected chi connectivity index (χ1v) is 11.0. The largest absolute Gasteiger partial charge is 0.416 e. The third kappa shape index (κ3) is 4.40. The Hall–Kier alpha value is -3.67. The molecule has 1 amide bonds. The number of hydrogen-bond donors (Lipinski definition) is 0. The Labute approximate surface area is 196 Å². The van der Waals surface area contributed by atoms with Gasteiger partial charge in [-0.15, -0.1) is 0 Å². The number of carbonyl (C=O) groups excluding carboxylic acids is 2. The summed E-state index contributed by atoms with van der Waals surface area (Å²) in [5, 5.41) is 0. The molecule has 0 spiro atoms. The molecule has 3 aromatic rings. The lowest BCUT2D eigenvalue weighted by molar-refractivity contribution is -0.137. The molecule has 0 unspecified atom stereocenters. The summed E-state index contributed by atoms with van der Waals surface area (Å²) in [5.74, 6) is -0.372. The van der Waals surface area contributed by atoms with Crippen LogP contribution in [0.5, 0.6) is 0 Å². The molecule has 0 atom stereocenters. The molecule has 1 aliphatic rings. The zero-order valence-corrected chi connectivity index (χ0v) is 19.1. The maximum absolute atomic E-state index is 13.8. The van der Waals surface area contributed by atoms with Crippen molar-refractivity contribution in [2.45, 2.75) is 33.5 Å². The number of para-hydroxylation sites is 1. The number of anilines is 1. The number of allylic oxidation sites excluding steroid dienone is 1. The number of amides is 1. The van der Waals surface area contributed by atoms with Crippen molar-refractivity contribution in [2.24, 2.45) is 5.92 Å². The highest BCUT2D eigenvalue weighted by atomic mass is 19.4. The Morgan fingerprint density at radius 1 is 0.912 bits per heavy atom. The summed E-state index contributed by atoms with van der Waals surface area (Å²) in [4.78, 5) is 27.2. The van der Waals surface area contributed by atoms with E-state index in [0.29, 0.717) is 22.3 Å². The Morgan fingerprint density at radius 3 is 2.21 bits per heavy atom. The van der Waals surface area contributed by atoms with Gasteiger partial charge in [0.25, 0.3) is 5.91 Å². The van der Waals surface area contributed by atoms with E-state index in [4.69, 9.17) is 0 Å². The van der Waals surface area contributed by atoms with Gasteiger partial charge in [0, 0.05) is 11.1 Å². The number of fused-ring (bicyclic) bond motifs is 1. The van der Waals surface area contributed by atoms with Gasteiger partial charge in [0.1, 0.15) is 0 Å². The van der Waals surface area contributed by atoms with Crippen LogP contribution in [-0.2, 0) is 17.5 Å². The molecule has 0 saturated heterocycles. The van der Waals surface area contributed by atoms with E-state index in [-0.39, 0.29) is 24.2 Å². The first-order valence-electron chi connectivity index (χ1n) is 11.0. The summed E-state index contributed by atoms with van der Waals surface area (Å²) in [6.45, 7) is 5.62. The van der Waals surface area contributed by atoms with Gasteiger partial charge < -0.3 is 4.90 Å². The molecule has 4 rings (SSSR count). The number of nitrogens with zero attached hydrogens (tertiary/aromatic N) is 1. The summed E-state index contributed by atoms with van der Waals surface area (Å²) in [5.41, 5.74) is 3.92. The number of alkyl halides is 3. The SMILES string of the molecule is CC(=O)c1cccc(CN2C(=O)/C(=C(/c3ccc(C(F)(F)F)cc3)C(C)C)c3ccccc32)c1. The first-order chi connectivity index (χ1) is 16.1. The number of carbonyl (C=O) groups is 2. The molecule has 0 aromatic heterocycles. The standard InChI is InChI=1S/C28H24F3NO2/c1-17(2)25(20-11-13-22(14-12-20)28(29,30)31)26-23-9-4-5-10-24(23)32(27(26)34)16-19-7-6-8-21(15-19)18(3)33/h4-15,17H,16H2,1-3H3/b26-25+. The summed E-state index contributed by atoms with van der Waals surface area (Å²) in [6, 6.07) is 19.5. The number of halogens is 3. The van der Waals surface area contributed by atoms with E-state index in [1.165, 1.54) is 19.1 Å². The van der Waals surface area contributed by atoms with Crippen LogP contribution in [0.15, 0.2) is 72.8 Å². The smallest absolute Gasteiger partial charge is 0.303 e. The molecule has 3 nitrogen and oxygen atoms in total. The molecule has 0 bridgehead atoms. The molecule has 6 heteroatoms. The zero-order valence-electron chi connectivity index (χ0n) is 19.1. The molecule has 0 radical (unpaired) electrons. The minimum Gasteiger partial charge on any atom is -0.303 e. The molecule has 0 fully saturated rings. The van der Waals surface area contributed by atoms with E-state index < -0.39 is 11.7 Å². The highest BCUT2D eigenvalue weighted by Gasteiger charge is 2.36. The number of ketones is 1. The van der Waals surface area contributed by atoms with Crippen molar-refractivity contribution >= 4 is 28.5 Å². The van der Waals surface area contributed by atoms with Crippen molar-refractivity contribution in [2.75, 3.05) is 4.90 Å². The number of Topliss-reactive ketones (excluding diaryl/α,β-unsaturated/α-hetero) is 1. The van der Waals surface area contributed by atoms with E-state index in [1.54, 1.807) is 23.1 Å². The van der Waals surface area contributed by atoms with Crippen LogP contribution in [0, 0.1) is 5.92 Å². The van der Waals surface area contributed by atoms with E-state index in [0.717, 1.165) is 28.9 Å². The fraction of sp³-hybridized carbons (Fsp3) is 0.214. The Kier molecular flexibility index (Phi) is 6.17. The Balaban J connectivity index is 1.82. The lowest BCUT2D eigenvalue weighted by Gasteiger charge is -2.19. The van der Waals surface area contributed by atoms with Crippen molar-refractivity contribution in [3.63, 3.8) is 0 Å². The lowest BCUT2D eigenvalue weighted by atomic mass is 9.87. The van der Waals surface area contributed by atoms with Crippen LogP contribution in [0.3, 0.4) is 0 Å². The van der Waals surface area contributed by atoms with Gasteiger partial charge in [-0.1, -0.05) is 62.4 Å². The molecular formula is C28H24F3NO2. The van der Waals surface area contributed by atoms with Crippen LogP contribution in [0.4, 0.5) is 18.9 Å². The van der Waals surface area contributed by atoms with Gasteiger partial charge in [-0.25, -0.2) is 0 Å². The van der Waals surface area contributed by atoms with Crippen LogP contribution in [0.2, 0.25) is 0 Å². The molecule has 174 valence electrons. The summed E-state index contributed by atoms with van der Waals surface area (Å²) < 4.78 is 39.2. The quantitative estimate of drug-likeness (QED) is 0.301. The second-order valence-electron chi connectivity index (χ2n) is 8.68. The lowest BCUT2D eigenvalue weighted by Crippen LogP contribution is -2.26. The van der Waals surface area contributed by atoms with Gasteiger partial charge in [0.2, 0.25) is 0 Å². The van der Waals surface area contributed by atoms with Gasteiger partial charge in [0.05, 0.1) is 23.4 Å². The molecule has 34 heavy (non-hydrogen) atoms. The molecular weight excluding hydrogens is 439 g/mol. The molecule has 3 aromatic carbocycles. The second kappa shape index (κ2) is 8.93. The predicted molar refractivity (Wildman–Crippen MR) is 127 cm³/mol. The van der Waals surface area contributed by atoms with Gasteiger partial charge in [-0.2, -0.15) is 13.2 Å². The topological polar surface area (TPSA) is 37.4 Å². The van der Waals surface area contributed by atoms with Gasteiger partial charge in [0.15, 0.2) is 5.78 Å². The first kappa shape index (κ1) is 23.5. The van der Waals surface area contributed by atoms with E-state index in [2.05, 4.69) is 0 Å². The highest BCUT2D eigenvalue weighted by molar-refractivity contribution is 6.37. The average Bonchev–Trinajstić information content (AvgIpc) is 3.05. The van der Waals surface area contributed by atoms with Crippen LogP contribution < -0.4 is 4.90 Å². The molecule has 1 aliphatic heterocycles. The van der Waals surface area contributed by atoms with Gasteiger partial charge in [-0.05, 0) is 53.8 Å². The Morgan fingerprint density at radius 2 is 1.59 bits per heavy atom. The highest BCUT2D eigenvalue weighted by Crippen LogP contribution is 2.44. The minimum atomic E-state index is -4.43. The maximum Gasteiger partial charge on any atom is 0.416 e. The van der Waals surface area contributed by atoms with Crippen molar-refractivity contribution in [3.8, 4) is 0 Å². The van der Waals surface area contributed by atoms with Gasteiger partial charge in [-0.3, -0.25) is 9.59 Å². The van der Waals surface area contributed by atoms with E-state index >= 15 is 0 Å². The maximum atomic E-state index is 13.8. The number of benzene rings is 3. The molecule has 0 N–H and O–H groups in total. The van der Waals surface area contributed by atoms with Gasteiger partial charge >= 0.3 is 6.18 Å². The van der Waals surface area contributed by atoms with Crippen molar-refractivity contribution in [3.05, 3.63) is 101 Å². The van der Waals surface area contributed by atoms with Crippen molar-refractivity contribution in [1.29, 1.82) is 0 Å². The Bertz CT molecular complexity index is 1290. The zero-order chi connectivity index (χ0) is 24.6. The summed E-state index contributed by atoms with van der Waals surface area (Å²) >= 11 is 0. The second-order valence-corrected chi connectivity index (χ2v) is 8.68. The normalized spacial score (nSPS) is 15.0. The monoisotopic (exact) mass is 463 g/mol. The van der Waals surface area contributed by atoms with Crippen molar-refractivity contribution < 1.29 is 22.8 Å². The van der Waals surface area contributed by atoms with Crippen LogP contribution in [0.1, 0.15) is 53.4 Å². The number of rotatable bonds is 5. The third-order valence-electron chi connectivity index (χ3n) is 5.97. The van der Waals surface area contributed by atoms with Crippen LogP contribution in [-0.4, -0.2) is 11.7 Å². The van der Waals surface area contributed by atoms with E-state index in [1.807, 2.05) is 44.2 Å². The molecule has 0 aliphatic carbocycles. The predicted octanol–water partition coefficient (Wildman–Crippen LogP) is 7.02. The van der Waals surface area contributed by atoms with Crippen LogP contribution in [0.25, 0.3) is 11.1 Å². The average molecular weight is 463 g/mol. The fourth-order valence-electron chi connectivity index (χ4n) is 4.37.